The van der Waals surface area contributed by atoms with Crippen LogP contribution in [0.4, 0.5) is 0 Å². The zero-order chi connectivity index (χ0) is 31.7. The van der Waals surface area contributed by atoms with Gasteiger partial charge in [-0.25, -0.2) is 0 Å². The Morgan fingerprint density at radius 1 is 0.690 bits per heavy atom. The lowest BCUT2D eigenvalue weighted by Crippen LogP contribution is -2.59. The molecule has 1 aliphatic rings. The number of amides is 1. The van der Waals surface area contributed by atoms with Crippen LogP contribution in [0, 0.1) is 0 Å². The molecule has 0 aromatic rings. The maximum Gasteiger partial charge on any atom is 0.305 e. The molecule has 0 saturated carbocycles. The second-order valence-corrected chi connectivity index (χ2v) is 9.54. The second-order valence-electron chi connectivity index (χ2n) is 9.54. The Morgan fingerprint density at radius 3 is 1.50 bits per heavy atom. The van der Waals surface area contributed by atoms with Gasteiger partial charge in [0.2, 0.25) is 5.91 Å². The van der Waals surface area contributed by atoms with Gasteiger partial charge in [0, 0.05) is 58.9 Å². The first-order valence-corrected chi connectivity index (χ1v) is 13.4. The summed E-state index contributed by atoms with van der Waals surface area (Å²) in [7, 11) is 0. The van der Waals surface area contributed by atoms with Crippen LogP contribution in [0.25, 0.3) is 0 Å². The van der Waals surface area contributed by atoms with E-state index in [1.165, 1.54) is 14.7 Å². The highest BCUT2D eigenvalue weighted by Crippen LogP contribution is 2.10. The van der Waals surface area contributed by atoms with Crippen molar-refractivity contribution in [2.24, 2.45) is 0 Å². The van der Waals surface area contributed by atoms with Crippen molar-refractivity contribution in [2.75, 3.05) is 98.5 Å². The van der Waals surface area contributed by atoms with Crippen LogP contribution >= 0.6 is 0 Å². The molecule has 1 saturated heterocycles. The number of carbonyl (C=O) groups excluding carboxylic acids is 4. The number of aliphatic hydroxyl groups excluding tert-OH is 3. The third-order valence-electron chi connectivity index (χ3n) is 6.78. The summed E-state index contributed by atoms with van der Waals surface area (Å²) >= 11 is 0. The van der Waals surface area contributed by atoms with E-state index >= 15 is 0 Å². The fraction of sp³-hybridized carbons (Fsp3) is 0.792. The first-order chi connectivity index (χ1) is 19.9. The number of nitrogens with zero attached hydrogens (tertiary/aromatic N) is 4. The number of aliphatic carboxylic acids is 4. The smallest absolute Gasteiger partial charge is 0.305 e. The molecule has 0 aromatic heterocycles. The van der Waals surface area contributed by atoms with Gasteiger partial charge in [0.25, 0.3) is 0 Å². The largest absolute Gasteiger partial charge is 0.548 e. The van der Waals surface area contributed by atoms with E-state index in [-0.39, 0.29) is 85.3 Å². The van der Waals surface area contributed by atoms with Gasteiger partial charge >= 0.3 is 5.97 Å². The Hall–Kier alpha value is -2.97. The van der Waals surface area contributed by atoms with E-state index in [1.54, 1.807) is 4.90 Å². The number of rotatable bonds is 17. The molecule has 3 unspecified atom stereocenters. The third kappa shape index (κ3) is 13.3. The number of carboxylic acids is 4. The molecule has 1 rings (SSSR count). The Morgan fingerprint density at radius 2 is 1.12 bits per heavy atom. The minimum atomic E-state index is -1.67. The molecule has 0 radical (unpaired) electrons. The number of aliphatic hydroxyl groups is 3. The molecule has 18 heteroatoms. The molecule has 0 aromatic carbocycles. The fourth-order valence-electron chi connectivity index (χ4n) is 4.49. The van der Waals surface area contributed by atoms with Crippen LogP contribution in [-0.4, -0.2) is 186 Å². The summed E-state index contributed by atoms with van der Waals surface area (Å²) in [5.74, 6) is -6.75. The number of ether oxygens (including phenoxy) is 1. The summed E-state index contributed by atoms with van der Waals surface area (Å²) in [5.41, 5.74) is 0. The first kappa shape index (κ1) is 37.1. The molecule has 3 atom stereocenters. The Kier molecular flexibility index (Phi) is 17.7. The van der Waals surface area contributed by atoms with Crippen molar-refractivity contribution in [3.63, 3.8) is 0 Å². The van der Waals surface area contributed by atoms with Gasteiger partial charge in [0.1, 0.15) is 0 Å². The molecule has 1 heterocycles. The lowest BCUT2D eigenvalue weighted by molar-refractivity contribution is -0.315. The molecular formula is C24H40N5O13-3. The van der Waals surface area contributed by atoms with Crippen molar-refractivity contribution in [3.8, 4) is 0 Å². The van der Waals surface area contributed by atoms with Gasteiger partial charge in [-0.2, -0.15) is 0 Å². The van der Waals surface area contributed by atoms with Crippen LogP contribution in [0.15, 0.2) is 0 Å². The summed E-state index contributed by atoms with van der Waals surface area (Å²) in [5, 5.41) is 75.3. The molecule has 5 N–H and O–H groups in total. The van der Waals surface area contributed by atoms with Gasteiger partial charge in [-0.1, -0.05) is 0 Å². The molecule has 0 spiro atoms. The van der Waals surface area contributed by atoms with Crippen LogP contribution in [0.3, 0.4) is 0 Å². The lowest BCUT2D eigenvalue weighted by Gasteiger charge is -2.40. The van der Waals surface area contributed by atoms with Gasteiger partial charge in [0.05, 0.1) is 82.0 Å². The van der Waals surface area contributed by atoms with Crippen molar-refractivity contribution >= 4 is 29.8 Å². The van der Waals surface area contributed by atoms with E-state index < -0.39 is 67.5 Å². The van der Waals surface area contributed by atoms with E-state index in [1.807, 2.05) is 0 Å². The predicted molar refractivity (Wildman–Crippen MR) is 135 cm³/mol. The summed E-state index contributed by atoms with van der Waals surface area (Å²) < 4.78 is 5.09. The monoisotopic (exact) mass is 606 g/mol. The first-order valence-electron chi connectivity index (χ1n) is 13.4. The molecule has 242 valence electrons. The van der Waals surface area contributed by atoms with Crippen molar-refractivity contribution in [2.45, 2.75) is 24.5 Å². The minimum absolute atomic E-state index is 0.00466. The van der Waals surface area contributed by atoms with Crippen molar-refractivity contribution in [1.82, 2.24) is 24.9 Å². The van der Waals surface area contributed by atoms with Gasteiger partial charge in [0.15, 0.2) is 0 Å². The molecule has 0 bridgehead atoms. The highest BCUT2D eigenvalue weighted by molar-refractivity contribution is 5.79. The zero-order valence-electron chi connectivity index (χ0n) is 23.3. The topological polar surface area (TPSA) is 270 Å². The highest BCUT2D eigenvalue weighted by Gasteiger charge is 2.29. The fourth-order valence-corrected chi connectivity index (χ4v) is 4.49. The summed E-state index contributed by atoms with van der Waals surface area (Å²) in [4.78, 5) is 64.7. The van der Waals surface area contributed by atoms with Crippen LogP contribution in [0.1, 0.15) is 6.42 Å². The minimum Gasteiger partial charge on any atom is -0.548 e. The van der Waals surface area contributed by atoms with Gasteiger partial charge < -0.3 is 60.2 Å². The van der Waals surface area contributed by atoms with Crippen LogP contribution < -0.4 is 20.6 Å². The number of hydrogen-bond donors (Lipinski definition) is 5. The summed E-state index contributed by atoms with van der Waals surface area (Å²) in [6, 6.07) is -4.62. The van der Waals surface area contributed by atoms with E-state index in [2.05, 4.69) is 5.32 Å². The second kappa shape index (κ2) is 20.0. The zero-order valence-corrected chi connectivity index (χ0v) is 23.3. The van der Waals surface area contributed by atoms with Crippen LogP contribution in [0.5, 0.6) is 0 Å². The van der Waals surface area contributed by atoms with Gasteiger partial charge in [-0.3, -0.25) is 29.2 Å². The van der Waals surface area contributed by atoms with E-state index in [0.29, 0.717) is 0 Å². The molecule has 1 aliphatic heterocycles. The average Bonchev–Trinajstić information content (AvgIpc) is 2.91. The van der Waals surface area contributed by atoms with E-state index in [4.69, 9.17) is 9.84 Å². The molecule has 18 nitrogen and oxygen atoms in total. The SMILES string of the molecule is O=C(O)CC(C(=O)[O-])N1CCN(CC(=O)NCCOCCO)CCN(C(CO)C(=O)[O-])CCN(C(CO)C(=O)[O-])CC1. The average molecular weight is 607 g/mol. The van der Waals surface area contributed by atoms with Gasteiger partial charge in [-0.15, -0.1) is 0 Å². The molecule has 42 heavy (non-hydrogen) atoms. The maximum atomic E-state index is 12.6. The summed E-state index contributed by atoms with van der Waals surface area (Å²) in [6.07, 6.45) is -0.821. The number of hydrogen-bond acceptors (Lipinski definition) is 16. The number of carboxylic acid groups (broad SMARTS) is 4. The molecule has 1 amide bonds. The number of nitrogens with one attached hydrogen (secondary N) is 1. The number of carbonyl (C=O) groups is 5. The van der Waals surface area contributed by atoms with E-state index in [0.717, 1.165) is 0 Å². The Balaban J connectivity index is 3.29. The lowest BCUT2D eigenvalue weighted by atomic mass is 10.1. The molecule has 0 aliphatic carbocycles. The highest BCUT2D eigenvalue weighted by atomic mass is 16.5. The van der Waals surface area contributed by atoms with Crippen LogP contribution in [0.2, 0.25) is 0 Å². The van der Waals surface area contributed by atoms with Crippen molar-refractivity contribution in [3.05, 3.63) is 0 Å². The predicted octanol–water partition coefficient (Wildman–Crippen LogP) is -8.85. The standard InChI is InChI=1S/C24H43N5O13/c30-10-12-42-11-1-25-20(33)14-26-2-4-27(17(22(36)37)13-21(34)35)6-7-29(19(16-32)24(40)41)9-8-28(5-3-26)18(15-31)23(38)39/h17-19,30-32H,1-16H2,(H,25,33)(H,34,35)(H,36,37)(H,38,39)(H,40,41)/p-3. The summed E-state index contributed by atoms with van der Waals surface area (Å²) in [6.45, 7) is -2.54. The van der Waals surface area contributed by atoms with E-state index in [9.17, 15) is 54.6 Å². The molecule has 1 fully saturated rings. The quantitative estimate of drug-likeness (QED) is 0.0961. The molecular weight excluding hydrogens is 566 g/mol. The maximum absolute atomic E-state index is 12.6. The Bertz CT molecular complexity index is 880. The van der Waals surface area contributed by atoms with Crippen molar-refractivity contribution in [1.29, 1.82) is 0 Å². The third-order valence-corrected chi connectivity index (χ3v) is 6.78. The Labute approximate surface area is 242 Å². The van der Waals surface area contributed by atoms with Gasteiger partial charge in [-0.05, 0) is 0 Å². The normalized spacial score (nSPS) is 19.1. The van der Waals surface area contributed by atoms with Crippen LogP contribution in [-0.2, 0) is 28.7 Å². The van der Waals surface area contributed by atoms with Crippen molar-refractivity contribution < 1.29 is 64.5 Å².